The van der Waals surface area contributed by atoms with E-state index in [1.165, 1.54) is 22.3 Å². The zero-order valence-corrected chi connectivity index (χ0v) is 32.8. The first kappa shape index (κ1) is 38.6. The first-order valence-electron chi connectivity index (χ1n) is 19.4. The number of aryl methyl sites for hydroxylation is 4. The third-order valence-corrected chi connectivity index (χ3v) is 9.37. The molecule has 0 N–H and O–H groups in total. The lowest BCUT2D eigenvalue weighted by Crippen LogP contribution is -2.18. The maximum Gasteiger partial charge on any atom is 0.142 e. The number of anilines is 6. The van der Waals surface area contributed by atoms with Crippen molar-refractivity contribution in [1.29, 1.82) is 0 Å². The lowest BCUT2D eigenvalue weighted by molar-refractivity contribution is 0.586. The Bertz CT molecular complexity index is 1540. The summed E-state index contributed by atoms with van der Waals surface area (Å²) in [5.74, 6) is 7.08. The Kier molecular flexibility index (Phi) is 13.9. The van der Waals surface area contributed by atoms with Crippen LogP contribution >= 0.6 is 0 Å². The highest BCUT2D eigenvalue weighted by Crippen LogP contribution is 2.36. The Morgan fingerprint density at radius 2 is 0.635 bits per heavy atom. The molecule has 0 aromatic carbocycles. The molecule has 274 valence electrons. The van der Waals surface area contributed by atoms with E-state index in [1.54, 1.807) is 0 Å². The van der Waals surface area contributed by atoms with Gasteiger partial charge >= 0.3 is 0 Å². The van der Waals surface area contributed by atoms with Gasteiger partial charge in [0.1, 0.15) is 34.9 Å². The Balaban J connectivity index is 1.55. The van der Waals surface area contributed by atoms with E-state index in [0.29, 0.717) is 23.7 Å². The minimum absolute atomic E-state index is 0.640. The van der Waals surface area contributed by atoms with Crippen LogP contribution in [-0.2, 0) is 25.7 Å². The van der Waals surface area contributed by atoms with E-state index in [0.717, 1.165) is 86.3 Å². The van der Waals surface area contributed by atoms with Crippen molar-refractivity contribution in [1.82, 2.24) is 24.9 Å². The van der Waals surface area contributed by atoms with Crippen LogP contribution in [-0.4, -0.2) is 24.9 Å². The lowest BCUT2D eigenvalue weighted by Gasteiger charge is -2.26. The number of aromatic nitrogens is 5. The number of hydrogen-bond donors (Lipinski definition) is 0. The minimum Gasteiger partial charge on any atom is -0.262 e. The zero-order chi connectivity index (χ0) is 37.0. The molecule has 0 radical (unpaired) electrons. The van der Waals surface area contributed by atoms with Gasteiger partial charge in [-0.05, 0) is 134 Å². The molecule has 5 heterocycles. The largest absolute Gasteiger partial charge is 0.262 e. The first-order chi connectivity index (χ1) is 25.0. The fourth-order valence-electron chi connectivity index (χ4n) is 5.97. The third kappa shape index (κ3) is 11.2. The molecule has 0 spiro atoms. The smallest absolute Gasteiger partial charge is 0.142 e. The summed E-state index contributed by atoms with van der Waals surface area (Å²) in [6.45, 7) is 18.1. The molecule has 5 rings (SSSR count). The number of rotatable bonds is 18. The predicted molar refractivity (Wildman–Crippen MR) is 217 cm³/mol. The molecule has 0 amide bonds. The van der Waals surface area contributed by atoms with E-state index in [4.69, 9.17) is 24.9 Å². The molecule has 0 aliphatic carbocycles. The van der Waals surface area contributed by atoms with E-state index in [1.807, 2.05) is 52.8 Å². The summed E-state index contributed by atoms with van der Waals surface area (Å²) < 4.78 is 0. The molecule has 52 heavy (non-hydrogen) atoms. The molecule has 5 aromatic rings. The molecular weight excluding hydrogens is 639 g/mol. The molecule has 0 atom stereocenters. The average Bonchev–Trinajstić information content (AvgIpc) is 3.14. The van der Waals surface area contributed by atoms with Crippen molar-refractivity contribution < 1.29 is 0 Å². The van der Waals surface area contributed by atoms with Gasteiger partial charge in [-0.25, -0.2) is 24.9 Å². The van der Waals surface area contributed by atoms with Gasteiger partial charge in [0.25, 0.3) is 0 Å². The molecular formula is C45H59N7. The molecule has 5 aromatic heterocycles. The van der Waals surface area contributed by atoms with Gasteiger partial charge in [-0.3, -0.25) is 9.80 Å². The van der Waals surface area contributed by atoms with Crippen molar-refractivity contribution in [2.75, 3.05) is 9.80 Å². The van der Waals surface area contributed by atoms with Crippen LogP contribution in [0, 0.1) is 23.7 Å². The van der Waals surface area contributed by atoms with Crippen molar-refractivity contribution in [2.24, 2.45) is 23.7 Å². The molecule has 0 saturated heterocycles. The van der Waals surface area contributed by atoms with Crippen molar-refractivity contribution >= 4 is 34.9 Å². The van der Waals surface area contributed by atoms with Crippen LogP contribution in [0.2, 0.25) is 0 Å². The van der Waals surface area contributed by atoms with Crippen LogP contribution in [0.5, 0.6) is 0 Å². The fraction of sp³-hybridized carbons (Fsp3) is 0.444. The second-order valence-corrected chi connectivity index (χ2v) is 15.9. The van der Waals surface area contributed by atoms with Gasteiger partial charge in [0.15, 0.2) is 0 Å². The van der Waals surface area contributed by atoms with Crippen molar-refractivity contribution in [2.45, 2.75) is 107 Å². The summed E-state index contributed by atoms with van der Waals surface area (Å²) in [4.78, 5) is 29.3. The van der Waals surface area contributed by atoms with E-state index in [2.05, 4.69) is 104 Å². The first-order valence-corrected chi connectivity index (χ1v) is 19.4. The third-order valence-electron chi connectivity index (χ3n) is 9.37. The highest BCUT2D eigenvalue weighted by Gasteiger charge is 2.21. The normalized spacial score (nSPS) is 11.6. The van der Waals surface area contributed by atoms with Crippen LogP contribution in [0.15, 0.2) is 91.5 Å². The summed E-state index contributed by atoms with van der Waals surface area (Å²) in [5.41, 5.74) is 4.92. The molecule has 0 unspecified atom stereocenters. The molecule has 7 heteroatoms. The van der Waals surface area contributed by atoms with Crippen LogP contribution < -0.4 is 9.80 Å². The highest BCUT2D eigenvalue weighted by molar-refractivity contribution is 5.74. The minimum atomic E-state index is 0.640. The van der Waals surface area contributed by atoms with Crippen molar-refractivity contribution in [3.8, 4) is 0 Å². The maximum atomic E-state index is 5.30. The molecule has 0 aliphatic rings. The number of hydrogen-bond acceptors (Lipinski definition) is 7. The topological polar surface area (TPSA) is 70.9 Å². The van der Waals surface area contributed by atoms with Gasteiger partial charge in [-0.2, -0.15) is 0 Å². The van der Waals surface area contributed by atoms with Crippen LogP contribution in [0.1, 0.15) is 103 Å². The predicted octanol–water partition coefficient (Wildman–Crippen LogP) is 12.0. The van der Waals surface area contributed by atoms with Gasteiger partial charge in [0, 0.05) is 24.8 Å². The van der Waals surface area contributed by atoms with Crippen LogP contribution in [0.3, 0.4) is 0 Å². The van der Waals surface area contributed by atoms with Gasteiger partial charge in [0.05, 0.1) is 0 Å². The SMILES string of the molecule is CC(C)CCc1ccc(N(c2ccc(CCC(C)C)cn2)c2cccc(N(c3ccc(CCC(C)C)cn3)c3ccc(CCC(C)C)cn3)n2)nc1. The quantitative estimate of drug-likeness (QED) is 0.0902. The molecule has 0 bridgehead atoms. The zero-order valence-electron chi connectivity index (χ0n) is 32.8. The highest BCUT2D eigenvalue weighted by atomic mass is 15.3. The summed E-state index contributed by atoms with van der Waals surface area (Å²) >= 11 is 0. The van der Waals surface area contributed by atoms with E-state index in [-0.39, 0.29) is 0 Å². The summed E-state index contributed by atoms with van der Waals surface area (Å²) in [6.07, 6.45) is 16.5. The average molecular weight is 698 g/mol. The summed E-state index contributed by atoms with van der Waals surface area (Å²) in [5, 5.41) is 0. The van der Waals surface area contributed by atoms with E-state index >= 15 is 0 Å². The van der Waals surface area contributed by atoms with Crippen LogP contribution in [0.25, 0.3) is 0 Å². The standard InChI is InChI=1S/C45H59N7/c1-32(2)12-16-36-20-24-40(46-28-36)51(41-25-21-37(29-47-41)17-13-33(3)4)44-10-9-11-45(50-44)52(42-26-22-38(30-48-42)18-14-34(5)6)43-27-23-39(31-49-43)19-15-35(7)8/h9-11,20-35H,12-19H2,1-8H3. The molecule has 0 saturated carbocycles. The Morgan fingerprint density at radius 1 is 0.365 bits per heavy atom. The Labute approximate surface area is 313 Å². The Hall–Kier alpha value is -4.65. The maximum absolute atomic E-state index is 5.30. The number of nitrogens with zero attached hydrogens (tertiary/aromatic N) is 7. The lowest BCUT2D eigenvalue weighted by atomic mass is 10.0. The Morgan fingerprint density at radius 3 is 0.846 bits per heavy atom. The van der Waals surface area contributed by atoms with E-state index < -0.39 is 0 Å². The summed E-state index contributed by atoms with van der Waals surface area (Å²) in [7, 11) is 0. The second kappa shape index (κ2) is 18.7. The molecule has 7 nitrogen and oxygen atoms in total. The van der Waals surface area contributed by atoms with Gasteiger partial charge in [-0.15, -0.1) is 0 Å². The fourth-order valence-corrected chi connectivity index (χ4v) is 5.97. The monoisotopic (exact) mass is 697 g/mol. The summed E-state index contributed by atoms with van der Waals surface area (Å²) in [6, 6.07) is 23.2. The van der Waals surface area contributed by atoms with Crippen LogP contribution in [0.4, 0.5) is 34.9 Å². The molecule has 0 fully saturated rings. The van der Waals surface area contributed by atoms with Crippen molar-refractivity contribution in [3.63, 3.8) is 0 Å². The van der Waals surface area contributed by atoms with Gasteiger partial charge < -0.3 is 0 Å². The number of pyridine rings is 5. The van der Waals surface area contributed by atoms with Gasteiger partial charge in [-0.1, -0.05) is 85.7 Å². The van der Waals surface area contributed by atoms with Crippen molar-refractivity contribution in [3.05, 3.63) is 114 Å². The second-order valence-electron chi connectivity index (χ2n) is 15.9. The molecule has 0 aliphatic heterocycles. The van der Waals surface area contributed by atoms with E-state index in [9.17, 15) is 0 Å². The van der Waals surface area contributed by atoms with Gasteiger partial charge in [0.2, 0.25) is 0 Å².